The van der Waals surface area contributed by atoms with E-state index in [0.717, 1.165) is 12.8 Å². The van der Waals surface area contributed by atoms with Gasteiger partial charge in [-0.1, -0.05) is 19.4 Å². The van der Waals surface area contributed by atoms with Crippen LogP contribution in [0.15, 0.2) is 12.7 Å². The molecule has 1 N–H and O–H groups in total. The Morgan fingerprint density at radius 2 is 2.21 bits per heavy atom. The summed E-state index contributed by atoms with van der Waals surface area (Å²) in [6.07, 6.45) is 3.49. The monoisotopic (exact) mass is 222 g/mol. The average molecular weight is 222 g/mol. The van der Waals surface area contributed by atoms with Crippen molar-refractivity contribution in [3.63, 3.8) is 0 Å². The maximum absolute atomic E-state index is 10.4. The summed E-state index contributed by atoms with van der Waals surface area (Å²) in [5, 5.41) is 0. The Kier molecular flexibility index (Phi) is 6.78. The summed E-state index contributed by atoms with van der Waals surface area (Å²) in [5.74, 6) is -0.282. The molecule has 0 fully saturated rings. The van der Waals surface area contributed by atoms with Crippen LogP contribution >= 0.6 is 0 Å². The van der Waals surface area contributed by atoms with E-state index < -0.39 is 10.1 Å². The van der Waals surface area contributed by atoms with E-state index in [1.54, 1.807) is 6.08 Å². The average Bonchev–Trinajstić information content (AvgIpc) is 2.09. The summed E-state index contributed by atoms with van der Waals surface area (Å²) < 4.78 is 34.7. The van der Waals surface area contributed by atoms with Gasteiger partial charge in [-0.3, -0.25) is 4.55 Å². The fourth-order valence-electron chi connectivity index (χ4n) is 0.913. The first-order chi connectivity index (χ1) is 6.49. The highest BCUT2D eigenvalue weighted by Gasteiger charge is 2.10. The van der Waals surface area contributed by atoms with Crippen molar-refractivity contribution in [2.75, 3.05) is 12.4 Å². The Labute approximate surface area is 85.7 Å². The highest BCUT2D eigenvalue weighted by molar-refractivity contribution is 7.85. The molecule has 0 aliphatic heterocycles. The molecule has 1 atom stereocenters. The Hall–Kier alpha value is -0.390. The van der Waals surface area contributed by atoms with Crippen molar-refractivity contribution in [3.05, 3.63) is 12.7 Å². The quantitative estimate of drug-likeness (QED) is 0.385. The second kappa shape index (κ2) is 6.98. The highest BCUT2D eigenvalue weighted by Crippen LogP contribution is 2.03. The summed E-state index contributed by atoms with van der Waals surface area (Å²) in [6, 6.07) is 0. The number of rotatable bonds is 8. The van der Waals surface area contributed by atoms with Crippen molar-refractivity contribution >= 4 is 10.1 Å². The molecule has 0 heterocycles. The van der Waals surface area contributed by atoms with Crippen LogP contribution in [0.25, 0.3) is 0 Å². The van der Waals surface area contributed by atoms with Gasteiger partial charge in [0.25, 0.3) is 10.1 Å². The first-order valence-electron chi connectivity index (χ1n) is 4.69. The molecule has 0 radical (unpaired) electrons. The Morgan fingerprint density at radius 3 is 2.64 bits per heavy atom. The van der Waals surface area contributed by atoms with Crippen LogP contribution in [0.1, 0.15) is 26.2 Å². The summed E-state index contributed by atoms with van der Waals surface area (Å²) >= 11 is 0. The number of ether oxygens (including phenoxy) is 1. The van der Waals surface area contributed by atoms with Gasteiger partial charge < -0.3 is 4.74 Å². The summed E-state index contributed by atoms with van der Waals surface area (Å²) in [4.78, 5) is 0. The van der Waals surface area contributed by atoms with E-state index in [1.807, 2.05) is 6.92 Å². The molecular formula is C9H18O4S. The number of hydrogen-bond acceptors (Lipinski definition) is 3. The van der Waals surface area contributed by atoms with Crippen LogP contribution in [0.3, 0.4) is 0 Å². The molecule has 0 rings (SSSR count). The molecule has 4 nitrogen and oxygen atoms in total. The van der Waals surface area contributed by atoms with Gasteiger partial charge in [0, 0.05) is 6.61 Å². The molecule has 5 heteroatoms. The molecule has 0 bridgehead atoms. The van der Waals surface area contributed by atoms with Gasteiger partial charge >= 0.3 is 0 Å². The molecule has 0 aromatic rings. The van der Waals surface area contributed by atoms with Crippen LogP contribution in [0.5, 0.6) is 0 Å². The first-order valence-corrected chi connectivity index (χ1v) is 6.30. The lowest BCUT2D eigenvalue weighted by Gasteiger charge is -2.12. The van der Waals surface area contributed by atoms with Gasteiger partial charge in [0.1, 0.15) is 0 Å². The van der Waals surface area contributed by atoms with Crippen molar-refractivity contribution in [2.24, 2.45) is 0 Å². The normalized spacial score (nSPS) is 13.9. The molecule has 1 unspecified atom stereocenters. The molecular weight excluding hydrogens is 204 g/mol. The van der Waals surface area contributed by atoms with Crippen molar-refractivity contribution in [3.8, 4) is 0 Å². The van der Waals surface area contributed by atoms with Gasteiger partial charge in [0.05, 0.1) is 11.9 Å². The fourth-order valence-corrected chi connectivity index (χ4v) is 1.44. The minimum Gasteiger partial charge on any atom is -0.374 e. The molecule has 0 aromatic carbocycles. The van der Waals surface area contributed by atoms with Crippen LogP contribution in [-0.2, 0) is 14.9 Å². The van der Waals surface area contributed by atoms with E-state index in [0.29, 0.717) is 6.61 Å². The van der Waals surface area contributed by atoms with Crippen LogP contribution in [-0.4, -0.2) is 31.4 Å². The van der Waals surface area contributed by atoms with Crippen molar-refractivity contribution < 1.29 is 17.7 Å². The third-order valence-corrected chi connectivity index (χ3v) is 2.50. The third kappa shape index (κ3) is 8.22. The van der Waals surface area contributed by atoms with Crippen LogP contribution in [0.2, 0.25) is 0 Å². The van der Waals surface area contributed by atoms with Crippen molar-refractivity contribution in [1.29, 1.82) is 0 Å². The molecule has 0 saturated carbocycles. The van der Waals surface area contributed by atoms with Gasteiger partial charge in [-0.25, -0.2) is 0 Å². The lowest BCUT2D eigenvalue weighted by atomic mass is 10.3. The van der Waals surface area contributed by atoms with E-state index in [1.165, 1.54) is 0 Å². The van der Waals surface area contributed by atoms with Crippen molar-refractivity contribution in [1.82, 2.24) is 0 Å². The lowest BCUT2D eigenvalue weighted by Crippen LogP contribution is -2.16. The molecule has 0 saturated heterocycles. The van der Waals surface area contributed by atoms with E-state index in [4.69, 9.17) is 9.29 Å². The summed E-state index contributed by atoms with van der Waals surface area (Å²) in [6.45, 7) is 6.18. The Morgan fingerprint density at radius 1 is 1.57 bits per heavy atom. The van der Waals surface area contributed by atoms with Crippen LogP contribution in [0.4, 0.5) is 0 Å². The third-order valence-electron chi connectivity index (χ3n) is 1.75. The number of unbranched alkanes of at least 4 members (excludes halogenated alkanes) is 1. The van der Waals surface area contributed by atoms with Gasteiger partial charge in [0.15, 0.2) is 0 Å². The zero-order chi connectivity index (χ0) is 11.0. The first kappa shape index (κ1) is 13.6. The minimum absolute atomic E-state index is 0.256. The minimum atomic E-state index is -3.89. The van der Waals surface area contributed by atoms with E-state index in [9.17, 15) is 8.42 Å². The maximum Gasteiger partial charge on any atom is 0.264 e. The topological polar surface area (TPSA) is 63.6 Å². The van der Waals surface area contributed by atoms with Gasteiger partial charge in [-0.2, -0.15) is 8.42 Å². The predicted molar refractivity (Wildman–Crippen MR) is 55.9 cm³/mol. The molecule has 0 spiro atoms. The maximum atomic E-state index is 10.4. The van der Waals surface area contributed by atoms with E-state index in [-0.39, 0.29) is 18.3 Å². The molecule has 0 aromatic heterocycles. The standard InChI is InChI=1S/C9H18O4S/c1-3-5-7-13-9(4-2)6-8-14(10,11)12/h4,9H,2-3,5-8H2,1H3,(H,10,11,12). The lowest BCUT2D eigenvalue weighted by molar-refractivity contribution is 0.0809. The number of hydrogen-bond donors (Lipinski definition) is 1. The van der Waals surface area contributed by atoms with E-state index >= 15 is 0 Å². The van der Waals surface area contributed by atoms with Crippen LogP contribution < -0.4 is 0 Å². The zero-order valence-electron chi connectivity index (χ0n) is 8.48. The summed E-state index contributed by atoms with van der Waals surface area (Å²) in [7, 11) is -3.89. The zero-order valence-corrected chi connectivity index (χ0v) is 9.29. The van der Waals surface area contributed by atoms with E-state index in [2.05, 4.69) is 6.58 Å². The fraction of sp³-hybridized carbons (Fsp3) is 0.778. The van der Waals surface area contributed by atoms with Gasteiger partial charge in [-0.15, -0.1) is 6.58 Å². The summed E-state index contributed by atoms with van der Waals surface area (Å²) in [5.41, 5.74) is 0. The van der Waals surface area contributed by atoms with Gasteiger partial charge in [-0.05, 0) is 12.8 Å². The highest BCUT2D eigenvalue weighted by atomic mass is 32.2. The molecule has 0 aliphatic rings. The Bertz CT molecular complexity index is 246. The smallest absolute Gasteiger partial charge is 0.264 e. The van der Waals surface area contributed by atoms with Gasteiger partial charge in [0.2, 0.25) is 0 Å². The molecule has 0 amide bonds. The van der Waals surface area contributed by atoms with Crippen molar-refractivity contribution in [2.45, 2.75) is 32.3 Å². The SMILES string of the molecule is C=CC(CCS(=O)(=O)O)OCCCC. The molecule has 84 valence electrons. The second-order valence-corrected chi connectivity index (χ2v) is 4.65. The van der Waals surface area contributed by atoms with Crippen LogP contribution in [0, 0.1) is 0 Å². The largest absolute Gasteiger partial charge is 0.374 e. The molecule has 0 aliphatic carbocycles. The molecule has 14 heavy (non-hydrogen) atoms. The predicted octanol–water partition coefficient (Wildman–Crippen LogP) is 1.64. The second-order valence-electron chi connectivity index (χ2n) is 3.07. The Balaban J connectivity index is 3.74.